The molecule has 0 aliphatic rings. The molecular weight excluding hydrogens is 172 g/mol. The molecule has 0 aliphatic carbocycles. The van der Waals surface area contributed by atoms with Crippen LogP contribution >= 0.6 is 0 Å². The maximum Gasteiger partial charge on any atom is 0.0644 e. The van der Waals surface area contributed by atoms with Gasteiger partial charge in [-0.25, -0.2) is 0 Å². The van der Waals surface area contributed by atoms with Gasteiger partial charge >= 0.3 is 0 Å². The highest BCUT2D eigenvalue weighted by Crippen LogP contribution is 2.15. The average molecular weight is 194 g/mol. The summed E-state index contributed by atoms with van der Waals surface area (Å²) in [4.78, 5) is 8.84. The Labute approximate surface area is 87.8 Å². The molecule has 0 aliphatic heterocycles. The first kappa shape index (κ1) is 13.1. The van der Waals surface area contributed by atoms with E-state index in [1.165, 1.54) is 0 Å². The molecule has 0 unspecified atom stereocenters. The zero-order valence-corrected chi connectivity index (χ0v) is 10.3. The fourth-order valence-corrected chi connectivity index (χ4v) is 1.28. The van der Waals surface area contributed by atoms with Crippen molar-refractivity contribution in [1.82, 2.24) is 9.97 Å². The van der Waals surface area contributed by atoms with E-state index in [4.69, 9.17) is 0 Å². The largest absolute Gasteiger partial charge is 0.257 e. The maximum atomic E-state index is 4.45. The molecule has 0 N–H and O–H groups in total. The predicted octanol–water partition coefficient (Wildman–Crippen LogP) is 3.50. The van der Waals surface area contributed by atoms with Crippen LogP contribution in [0.15, 0.2) is 6.20 Å². The van der Waals surface area contributed by atoms with Gasteiger partial charge < -0.3 is 0 Å². The van der Waals surface area contributed by atoms with E-state index in [0.29, 0.717) is 5.92 Å². The van der Waals surface area contributed by atoms with Gasteiger partial charge in [-0.1, -0.05) is 34.6 Å². The predicted molar refractivity (Wildman–Crippen MR) is 61.6 cm³/mol. The van der Waals surface area contributed by atoms with Crippen LogP contribution in [0, 0.1) is 6.92 Å². The highest BCUT2D eigenvalue weighted by molar-refractivity contribution is 5.16. The normalized spacial score (nSPS) is 9.64. The number of hydrogen-bond donors (Lipinski definition) is 0. The lowest BCUT2D eigenvalue weighted by molar-refractivity contribution is 0.772. The molecule has 80 valence electrons. The van der Waals surface area contributed by atoms with Crippen molar-refractivity contribution in [3.8, 4) is 0 Å². The van der Waals surface area contributed by atoms with Crippen LogP contribution in [0.25, 0.3) is 0 Å². The van der Waals surface area contributed by atoms with Gasteiger partial charge in [0.1, 0.15) is 0 Å². The standard InChI is InChI=1S/C10H16N2.C2H6/c1-5-9-10(7(2)3)11-6-8(4)12-9;1-2/h6-7H,5H2,1-4H3;1-2H3. The fourth-order valence-electron chi connectivity index (χ4n) is 1.28. The summed E-state index contributed by atoms with van der Waals surface area (Å²) in [5, 5.41) is 0. The molecule has 0 aromatic carbocycles. The number of aromatic nitrogens is 2. The zero-order chi connectivity index (χ0) is 11.1. The van der Waals surface area contributed by atoms with Crippen molar-refractivity contribution < 1.29 is 0 Å². The molecule has 1 rings (SSSR count). The third-order valence-electron chi connectivity index (χ3n) is 1.88. The first-order valence-corrected chi connectivity index (χ1v) is 5.47. The summed E-state index contributed by atoms with van der Waals surface area (Å²) in [7, 11) is 0. The Morgan fingerprint density at radius 1 is 1.29 bits per heavy atom. The van der Waals surface area contributed by atoms with Crippen LogP contribution in [0.3, 0.4) is 0 Å². The lowest BCUT2D eigenvalue weighted by Gasteiger charge is -2.09. The van der Waals surface area contributed by atoms with Gasteiger partial charge in [0.25, 0.3) is 0 Å². The second-order valence-corrected chi connectivity index (χ2v) is 3.35. The minimum atomic E-state index is 0.480. The molecule has 0 fully saturated rings. The molecule has 0 radical (unpaired) electrons. The minimum Gasteiger partial charge on any atom is -0.257 e. The van der Waals surface area contributed by atoms with E-state index in [2.05, 4.69) is 30.7 Å². The quantitative estimate of drug-likeness (QED) is 0.720. The van der Waals surface area contributed by atoms with Gasteiger partial charge in [-0.2, -0.15) is 0 Å². The summed E-state index contributed by atoms with van der Waals surface area (Å²) in [5.74, 6) is 0.480. The van der Waals surface area contributed by atoms with E-state index in [0.717, 1.165) is 23.5 Å². The third-order valence-corrected chi connectivity index (χ3v) is 1.88. The smallest absolute Gasteiger partial charge is 0.0644 e. The van der Waals surface area contributed by atoms with Gasteiger partial charge in [-0.15, -0.1) is 0 Å². The molecule has 0 spiro atoms. The highest BCUT2D eigenvalue weighted by Gasteiger charge is 2.07. The first-order chi connectivity index (χ1) is 6.65. The molecule has 0 bridgehead atoms. The summed E-state index contributed by atoms with van der Waals surface area (Å²) in [6, 6.07) is 0. The van der Waals surface area contributed by atoms with Crippen LogP contribution in [0.5, 0.6) is 0 Å². The molecule has 1 aromatic rings. The van der Waals surface area contributed by atoms with Gasteiger partial charge in [0, 0.05) is 6.20 Å². The zero-order valence-electron chi connectivity index (χ0n) is 10.3. The van der Waals surface area contributed by atoms with Crippen molar-refractivity contribution in [3.05, 3.63) is 23.3 Å². The molecule has 0 amide bonds. The minimum absolute atomic E-state index is 0.480. The Bertz CT molecular complexity index is 267. The summed E-state index contributed by atoms with van der Waals surface area (Å²) in [6.45, 7) is 12.4. The van der Waals surface area contributed by atoms with Crippen molar-refractivity contribution in [2.75, 3.05) is 0 Å². The lowest BCUT2D eigenvalue weighted by Crippen LogP contribution is -2.03. The maximum absolute atomic E-state index is 4.45. The Balaban J connectivity index is 0.000000791. The highest BCUT2D eigenvalue weighted by atomic mass is 14.8. The second-order valence-electron chi connectivity index (χ2n) is 3.35. The van der Waals surface area contributed by atoms with Crippen molar-refractivity contribution >= 4 is 0 Å². The van der Waals surface area contributed by atoms with E-state index in [9.17, 15) is 0 Å². The van der Waals surface area contributed by atoms with Crippen LogP contribution in [-0.4, -0.2) is 9.97 Å². The Hall–Kier alpha value is -0.920. The first-order valence-electron chi connectivity index (χ1n) is 5.47. The fraction of sp³-hybridized carbons (Fsp3) is 0.667. The second kappa shape index (κ2) is 6.52. The van der Waals surface area contributed by atoms with Crippen LogP contribution in [0.2, 0.25) is 0 Å². The van der Waals surface area contributed by atoms with E-state index in [1.807, 2.05) is 27.0 Å². The van der Waals surface area contributed by atoms with E-state index in [-0.39, 0.29) is 0 Å². The summed E-state index contributed by atoms with van der Waals surface area (Å²) >= 11 is 0. The van der Waals surface area contributed by atoms with Crippen LogP contribution in [0.1, 0.15) is 57.6 Å². The van der Waals surface area contributed by atoms with Crippen molar-refractivity contribution in [3.63, 3.8) is 0 Å². The molecule has 14 heavy (non-hydrogen) atoms. The number of nitrogens with zero attached hydrogens (tertiary/aromatic N) is 2. The molecule has 0 atom stereocenters. The summed E-state index contributed by atoms with van der Waals surface area (Å²) in [6.07, 6.45) is 2.82. The molecule has 0 saturated carbocycles. The molecule has 2 heteroatoms. The molecular formula is C12H22N2. The van der Waals surface area contributed by atoms with Crippen molar-refractivity contribution in [2.45, 2.75) is 53.9 Å². The van der Waals surface area contributed by atoms with Gasteiger partial charge in [0.15, 0.2) is 0 Å². The van der Waals surface area contributed by atoms with E-state index >= 15 is 0 Å². The molecule has 1 heterocycles. The SMILES string of the molecule is CC.CCc1nc(C)cnc1C(C)C. The summed E-state index contributed by atoms with van der Waals surface area (Å²) in [5.41, 5.74) is 3.30. The monoisotopic (exact) mass is 194 g/mol. The van der Waals surface area contributed by atoms with Gasteiger partial charge in [0.05, 0.1) is 17.1 Å². The van der Waals surface area contributed by atoms with E-state index in [1.54, 1.807) is 0 Å². The summed E-state index contributed by atoms with van der Waals surface area (Å²) < 4.78 is 0. The number of aryl methyl sites for hydroxylation is 2. The van der Waals surface area contributed by atoms with Crippen LogP contribution in [-0.2, 0) is 6.42 Å². The van der Waals surface area contributed by atoms with E-state index < -0.39 is 0 Å². The Morgan fingerprint density at radius 3 is 2.29 bits per heavy atom. The van der Waals surface area contributed by atoms with Crippen molar-refractivity contribution in [1.29, 1.82) is 0 Å². The number of hydrogen-bond acceptors (Lipinski definition) is 2. The third kappa shape index (κ3) is 3.44. The Kier molecular flexibility index (Phi) is 6.09. The van der Waals surface area contributed by atoms with Gasteiger partial charge in [0.2, 0.25) is 0 Å². The molecule has 0 saturated heterocycles. The van der Waals surface area contributed by atoms with Crippen LogP contribution < -0.4 is 0 Å². The number of rotatable bonds is 2. The van der Waals surface area contributed by atoms with Crippen molar-refractivity contribution in [2.24, 2.45) is 0 Å². The van der Waals surface area contributed by atoms with Gasteiger partial charge in [-0.05, 0) is 19.3 Å². The molecule has 2 nitrogen and oxygen atoms in total. The molecule has 1 aromatic heterocycles. The lowest BCUT2D eigenvalue weighted by atomic mass is 10.1. The van der Waals surface area contributed by atoms with Gasteiger partial charge in [-0.3, -0.25) is 9.97 Å². The Morgan fingerprint density at radius 2 is 1.86 bits per heavy atom. The topological polar surface area (TPSA) is 25.8 Å². The van der Waals surface area contributed by atoms with Crippen LogP contribution in [0.4, 0.5) is 0 Å². The average Bonchev–Trinajstić information content (AvgIpc) is 2.20.